The second-order valence-electron chi connectivity index (χ2n) is 5.52. The second kappa shape index (κ2) is 4.87. The summed E-state index contributed by atoms with van der Waals surface area (Å²) in [7, 11) is 1.48. The number of nitrogens with zero attached hydrogens (tertiary/aromatic N) is 1. The van der Waals surface area contributed by atoms with E-state index in [1.165, 1.54) is 12.6 Å². The molecule has 2 aliphatic rings. The Morgan fingerprint density at radius 1 is 1.33 bits per heavy atom. The highest BCUT2D eigenvalue weighted by Crippen LogP contribution is 2.33. The Kier molecular flexibility index (Phi) is 3.16. The first kappa shape index (κ1) is 13.6. The lowest BCUT2D eigenvalue weighted by atomic mass is 9.78. The normalized spacial score (nSPS) is 24.0. The summed E-state index contributed by atoms with van der Waals surface area (Å²) >= 11 is 0. The van der Waals surface area contributed by atoms with Crippen molar-refractivity contribution in [3.05, 3.63) is 35.4 Å². The lowest BCUT2D eigenvalue weighted by Gasteiger charge is -2.32. The highest BCUT2D eigenvalue weighted by atomic mass is 16.2. The fourth-order valence-corrected chi connectivity index (χ4v) is 3.07. The molecule has 0 bridgehead atoms. The Morgan fingerprint density at radius 3 is 2.76 bits per heavy atom. The highest BCUT2D eigenvalue weighted by molar-refractivity contribution is 6.09. The number of benzene rings is 1. The van der Waals surface area contributed by atoms with E-state index < -0.39 is 11.6 Å². The zero-order valence-electron chi connectivity index (χ0n) is 11.8. The van der Waals surface area contributed by atoms with Crippen LogP contribution in [-0.2, 0) is 22.4 Å². The van der Waals surface area contributed by atoms with Crippen LogP contribution < -0.4 is 10.6 Å². The van der Waals surface area contributed by atoms with Crippen LogP contribution in [0.25, 0.3) is 0 Å². The monoisotopic (exact) mass is 287 g/mol. The van der Waals surface area contributed by atoms with E-state index in [1.807, 2.05) is 24.3 Å². The molecular weight excluding hydrogens is 270 g/mol. The maximum Gasteiger partial charge on any atom is 0.325 e. The molecule has 6 nitrogen and oxygen atoms in total. The molecule has 110 valence electrons. The lowest BCUT2D eigenvalue weighted by molar-refractivity contribution is -0.135. The number of nitrogens with one attached hydrogen (secondary N) is 2. The molecule has 1 heterocycles. The van der Waals surface area contributed by atoms with Crippen LogP contribution in [0.4, 0.5) is 4.79 Å². The summed E-state index contributed by atoms with van der Waals surface area (Å²) in [6, 6.07) is 7.46. The SMILES string of the molecule is CNC(=O)CN1C(=O)N[C@]2(CCc3ccccc3C2)C1=O. The molecule has 3 rings (SSSR count). The fraction of sp³-hybridized carbons (Fsp3) is 0.400. The standard InChI is InChI=1S/C15H17N3O3/c1-16-12(19)9-18-13(20)15(17-14(18)21)7-6-10-4-2-3-5-11(10)8-15/h2-5H,6-9H2,1H3,(H,16,19)(H,17,21)/t15-/m0/s1. The van der Waals surface area contributed by atoms with Crippen molar-refractivity contribution in [2.45, 2.75) is 24.8 Å². The molecule has 6 heteroatoms. The molecule has 1 aliphatic heterocycles. The molecule has 1 spiro atoms. The van der Waals surface area contributed by atoms with Crippen LogP contribution in [0.15, 0.2) is 24.3 Å². The van der Waals surface area contributed by atoms with Gasteiger partial charge in [-0.25, -0.2) is 4.79 Å². The minimum Gasteiger partial charge on any atom is -0.358 e. The minimum absolute atomic E-state index is 0.232. The van der Waals surface area contributed by atoms with Crippen LogP contribution in [0.3, 0.4) is 0 Å². The maximum atomic E-state index is 12.6. The van der Waals surface area contributed by atoms with Gasteiger partial charge in [0.05, 0.1) is 0 Å². The number of fused-ring (bicyclic) bond motifs is 1. The third-order valence-corrected chi connectivity index (χ3v) is 4.26. The summed E-state index contributed by atoms with van der Waals surface area (Å²) in [5.74, 6) is -0.655. The van der Waals surface area contributed by atoms with Crippen LogP contribution in [0.2, 0.25) is 0 Å². The van der Waals surface area contributed by atoms with Crippen molar-refractivity contribution >= 4 is 17.8 Å². The van der Waals surface area contributed by atoms with Gasteiger partial charge < -0.3 is 10.6 Å². The molecule has 0 aromatic heterocycles. The van der Waals surface area contributed by atoms with Gasteiger partial charge in [0, 0.05) is 13.5 Å². The number of urea groups is 1. The molecule has 1 fully saturated rings. The zero-order valence-corrected chi connectivity index (χ0v) is 11.8. The molecule has 21 heavy (non-hydrogen) atoms. The van der Waals surface area contributed by atoms with Crippen molar-refractivity contribution in [2.24, 2.45) is 0 Å². The number of hydrogen-bond acceptors (Lipinski definition) is 3. The second-order valence-corrected chi connectivity index (χ2v) is 5.52. The van der Waals surface area contributed by atoms with Crippen LogP contribution in [0.5, 0.6) is 0 Å². The number of likely N-dealkylation sites (N-methyl/N-ethyl adjacent to an activating group) is 1. The summed E-state index contributed by atoms with van der Waals surface area (Å²) < 4.78 is 0. The predicted molar refractivity (Wildman–Crippen MR) is 75.5 cm³/mol. The van der Waals surface area contributed by atoms with Gasteiger partial charge in [-0.15, -0.1) is 0 Å². The van der Waals surface area contributed by atoms with Crippen molar-refractivity contribution < 1.29 is 14.4 Å². The maximum absolute atomic E-state index is 12.6. The number of amides is 4. The van der Waals surface area contributed by atoms with Gasteiger partial charge in [-0.3, -0.25) is 14.5 Å². The summed E-state index contributed by atoms with van der Waals surface area (Å²) in [5.41, 5.74) is 1.41. The third-order valence-electron chi connectivity index (χ3n) is 4.26. The smallest absolute Gasteiger partial charge is 0.325 e. The first-order valence-corrected chi connectivity index (χ1v) is 6.97. The molecule has 1 saturated heterocycles. The Labute approximate surface area is 122 Å². The number of hydrogen-bond donors (Lipinski definition) is 2. The molecule has 1 aromatic rings. The van der Waals surface area contributed by atoms with Crippen molar-refractivity contribution in [2.75, 3.05) is 13.6 Å². The van der Waals surface area contributed by atoms with Crippen LogP contribution in [-0.4, -0.2) is 41.9 Å². The van der Waals surface area contributed by atoms with E-state index in [0.717, 1.165) is 16.9 Å². The average Bonchev–Trinajstić information content (AvgIpc) is 2.71. The van der Waals surface area contributed by atoms with Gasteiger partial charge in [0.15, 0.2) is 0 Å². The van der Waals surface area contributed by atoms with Gasteiger partial charge in [-0.2, -0.15) is 0 Å². The highest BCUT2D eigenvalue weighted by Gasteiger charge is 2.52. The molecule has 0 unspecified atom stereocenters. The van der Waals surface area contributed by atoms with Gasteiger partial charge in [0.1, 0.15) is 12.1 Å². The number of imide groups is 1. The molecule has 0 saturated carbocycles. The first-order chi connectivity index (χ1) is 10.1. The quantitative estimate of drug-likeness (QED) is 0.763. The molecule has 1 atom stereocenters. The first-order valence-electron chi connectivity index (χ1n) is 6.97. The Bertz CT molecular complexity index is 628. The summed E-state index contributed by atoms with van der Waals surface area (Å²) in [5, 5.41) is 5.22. The number of carbonyl (C=O) groups is 3. The summed E-state index contributed by atoms with van der Waals surface area (Å²) in [6.45, 7) is -0.232. The van der Waals surface area contributed by atoms with E-state index in [2.05, 4.69) is 10.6 Å². The molecular formula is C15H17N3O3. The third kappa shape index (κ3) is 2.16. The molecule has 2 N–H and O–H groups in total. The number of aryl methyl sites for hydroxylation is 1. The van der Waals surface area contributed by atoms with Gasteiger partial charge in [0.2, 0.25) is 5.91 Å². The molecule has 1 aliphatic carbocycles. The zero-order chi connectivity index (χ0) is 15.0. The van der Waals surface area contributed by atoms with E-state index >= 15 is 0 Å². The Balaban J connectivity index is 1.86. The fourth-order valence-electron chi connectivity index (χ4n) is 3.07. The van der Waals surface area contributed by atoms with Crippen LogP contribution >= 0.6 is 0 Å². The molecule has 1 aromatic carbocycles. The van der Waals surface area contributed by atoms with E-state index in [1.54, 1.807) is 0 Å². The molecule has 4 amide bonds. The van der Waals surface area contributed by atoms with Crippen molar-refractivity contribution in [3.8, 4) is 0 Å². The summed E-state index contributed by atoms with van der Waals surface area (Å²) in [6.07, 6.45) is 1.80. The van der Waals surface area contributed by atoms with Crippen molar-refractivity contribution in [3.63, 3.8) is 0 Å². The van der Waals surface area contributed by atoms with Gasteiger partial charge in [-0.1, -0.05) is 24.3 Å². The van der Waals surface area contributed by atoms with Gasteiger partial charge >= 0.3 is 6.03 Å². The van der Waals surface area contributed by atoms with Gasteiger partial charge in [0.25, 0.3) is 5.91 Å². The van der Waals surface area contributed by atoms with E-state index in [9.17, 15) is 14.4 Å². The topological polar surface area (TPSA) is 78.5 Å². The number of rotatable bonds is 2. The molecule has 0 radical (unpaired) electrons. The predicted octanol–water partition coefficient (Wildman–Crippen LogP) is 0.212. The average molecular weight is 287 g/mol. The van der Waals surface area contributed by atoms with E-state index in [-0.39, 0.29) is 18.4 Å². The van der Waals surface area contributed by atoms with Crippen LogP contribution in [0.1, 0.15) is 17.5 Å². The Morgan fingerprint density at radius 2 is 2.05 bits per heavy atom. The largest absolute Gasteiger partial charge is 0.358 e. The van der Waals surface area contributed by atoms with Gasteiger partial charge in [-0.05, 0) is 24.0 Å². The van der Waals surface area contributed by atoms with Crippen molar-refractivity contribution in [1.29, 1.82) is 0 Å². The lowest BCUT2D eigenvalue weighted by Crippen LogP contribution is -2.51. The van der Waals surface area contributed by atoms with Crippen LogP contribution in [0, 0.1) is 0 Å². The van der Waals surface area contributed by atoms with E-state index in [0.29, 0.717) is 12.8 Å². The van der Waals surface area contributed by atoms with E-state index in [4.69, 9.17) is 0 Å². The van der Waals surface area contributed by atoms with Crippen molar-refractivity contribution in [1.82, 2.24) is 15.5 Å². The summed E-state index contributed by atoms with van der Waals surface area (Å²) in [4.78, 5) is 37.1. The minimum atomic E-state index is -0.889. The number of carbonyl (C=O) groups excluding carboxylic acids is 3. The Hall–Kier alpha value is -2.37.